The predicted molar refractivity (Wildman–Crippen MR) is 54.7 cm³/mol. The molecule has 0 fully saturated rings. The zero-order chi connectivity index (χ0) is 9.68. The number of aryl methyl sites for hydroxylation is 1. The third-order valence-corrected chi connectivity index (χ3v) is 2.17. The Balaban J connectivity index is 2.46. The summed E-state index contributed by atoms with van der Waals surface area (Å²) in [5.74, 6) is 0. The Morgan fingerprint density at radius 1 is 1.54 bits per heavy atom. The van der Waals surface area contributed by atoms with E-state index in [2.05, 4.69) is 24.3 Å². The summed E-state index contributed by atoms with van der Waals surface area (Å²) in [7, 11) is 0. The van der Waals surface area contributed by atoms with Crippen LogP contribution in [0.1, 0.15) is 26.0 Å². The SMILES string of the molecule is CCNC(CC)Cn1ccc(C)n1. The van der Waals surface area contributed by atoms with Gasteiger partial charge in [-0.25, -0.2) is 0 Å². The van der Waals surface area contributed by atoms with Gasteiger partial charge < -0.3 is 5.32 Å². The number of aromatic nitrogens is 2. The van der Waals surface area contributed by atoms with Crippen molar-refractivity contribution in [2.45, 2.75) is 39.8 Å². The number of hydrogen-bond donors (Lipinski definition) is 1. The van der Waals surface area contributed by atoms with Gasteiger partial charge in [-0.05, 0) is 26.0 Å². The second-order valence-corrected chi connectivity index (χ2v) is 3.34. The molecule has 0 amide bonds. The van der Waals surface area contributed by atoms with Crippen LogP contribution in [0, 0.1) is 6.92 Å². The first kappa shape index (κ1) is 10.3. The van der Waals surface area contributed by atoms with E-state index in [-0.39, 0.29) is 0 Å². The number of rotatable bonds is 5. The molecule has 0 saturated heterocycles. The minimum Gasteiger partial charge on any atom is -0.312 e. The molecule has 0 aromatic carbocycles. The molecule has 0 spiro atoms. The lowest BCUT2D eigenvalue weighted by Crippen LogP contribution is -2.32. The van der Waals surface area contributed by atoms with Gasteiger partial charge in [-0.2, -0.15) is 5.10 Å². The third-order valence-electron chi connectivity index (χ3n) is 2.17. The van der Waals surface area contributed by atoms with Crippen molar-refractivity contribution in [2.75, 3.05) is 6.54 Å². The van der Waals surface area contributed by atoms with Crippen molar-refractivity contribution in [3.63, 3.8) is 0 Å². The second kappa shape index (κ2) is 5.02. The number of nitrogens with one attached hydrogen (secondary N) is 1. The summed E-state index contributed by atoms with van der Waals surface area (Å²) in [6, 6.07) is 2.59. The van der Waals surface area contributed by atoms with Gasteiger partial charge in [-0.1, -0.05) is 13.8 Å². The molecular weight excluding hydrogens is 162 g/mol. The van der Waals surface area contributed by atoms with Gasteiger partial charge >= 0.3 is 0 Å². The predicted octanol–water partition coefficient (Wildman–Crippen LogP) is 1.58. The lowest BCUT2D eigenvalue weighted by molar-refractivity contribution is 0.423. The lowest BCUT2D eigenvalue weighted by Gasteiger charge is -2.15. The van der Waals surface area contributed by atoms with Crippen molar-refractivity contribution in [3.8, 4) is 0 Å². The number of hydrogen-bond acceptors (Lipinski definition) is 2. The van der Waals surface area contributed by atoms with E-state index in [1.165, 1.54) is 0 Å². The molecule has 0 aliphatic carbocycles. The minimum absolute atomic E-state index is 0.546. The zero-order valence-electron chi connectivity index (χ0n) is 8.75. The average molecular weight is 181 g/mol. The third kappa shape index (κ3) is 3.19. The summed E-state index contributed by atoms with van der Waals surface area (Å²) in [6.07, 6.45) is 3.18. The summed E-state index contributed by atoms with van der Waals surface area (Å²) in [5, 5.41) is 7.79. The first-order valence-corrected chi connectivity index (χ1v) is 4.99. The van der Waals surface area contributed by atoms with Gasteiger partial charge in [-0.3, -0.25) is 4.68 Å². The molecule has 3 nitrogen and oxygen atoms in total. The maximum absolute atomic E-state index is 4.36. The standard InChI is InChI=1S/C10H19N3/c1-4-10(11-5-2)8-13-7-6-9(3)12-13/h6-7,10-11H,4-5,8H2,1-3H3. The van der Waals surface area contributed by atoms with Crippen molar-refractivity contribution in [2.24, 2.45) is 0 Å². The highest BCUT2D eigenvalue weighted by molar-refractivity contribution is 4.95. The van der Waals surface area contributed by atoms with Gasteiger partial charge in [0.25, 0.3) is 0 Å². The summed E-state index contributed by atoms with van der Waals surface area (Å²) >= 11 is 0. The highest BCUT2D eigenvalue weighted by Crippen LogP contribution is 1.98. The minimum atomic E-state index is 0.546. The van der Waals surface area contributed by atoms with Crippen LogP contribution in [0.25, 0.3) is 0 Å². The normalized spacial score (nSPS) is 13.2. The Bertz CT molecular complexity index is 242. The van der Waals surface area contributed by atoms with E-state index in [1.807, 2.05) is 23.9 Å². The van der Waals surface area contributed by atoms with Crippen LogP contribution >= 0.6 is 0 Å². The van der Waals surface area contributed by atoms with Crippen LogP contribution in [-0.4, -0.2) is 22.4 Å². The van der Waals surface area contributed by atoms with Crippen LogP contribution in [0.4, 0.5) is 0 Å². The fourth-order valence-electron chi connectivity index (χ4n) is 1.42. The molecule has 1 unspecified atom stereocenters. The summed E-state index contributed by atoms with van der Waals surface area (Å²) in [5.41, 5.74) is 1.09. The van der Waals surface area contributed by atoms with Crippen LogP contribution in [-0.2, 0) is 6.54 Å². The van der Waals surface area contributed by atoms with Crippen LogP contribution in [0.5, 0.6) is 0 Å². The molecule has 3 heteroatoms. The Morgan fingerprint density at radius 3 is 2.77 bits per heavy atom. The molecular formula is C10H19N3. The first-order valence-electron chi connectivity index (χ1n) is 4.99. The molecule has 1 atom stereocenters. The Morgan fingerprint density at radius 2 is 2.31 bits per heavy atom. The molecule has 0 radical (unpaired) electrons. The smallest absolute Gasteiger partial charge is 0.0593 e. The summed E-state index contributed by atoms with van der Waals surface area (Å²) < 4.78 is 2.01. The fourth-order valence-corrected chi connectivity index (χ4v) is 1.42. The summed E-state index contributed by atoms with van der Waals surface area (Å²) in [6.45, 7) is 8.35. The fraction of sp³-hybridized carbons (Fsp3) is 0.700. The molecule has 0 saturated carbocycles. The van der Waals surface area contributed by atoms with Gasteiger partial charge in [0, 0.05) is 12.2 Å². The molecule has 1 rings (SSSR count). The van der Waals surface area contributed by atoms with Crippen molar-refractivity contribution >= 4 is 0 Å². The molecule has 0 aliphatic rings. The zero-order valence-corrected chi connectivity index (χ0v) is 8.75. The van der Waals surface area contributed by atoms with Crippen LogP contribution in [0.2, 0.25) is 0 Å². The molecule has 0 bridgehead atoms. The highest BCUT2D eigenvalue weighted by atomic mass is 15.3. The molecule has 74 valence electrons. The molecule has 1 aromatic rings. The van der Waals surface area contributed by atoms with E-state index in [0.717, 1.165) is 25.2 Å². The largest absolute Gasteiger partial charge is 0.312 e. The number of nitrogens with zero attached hydrogens (tertiary/aromatic N) is 2. The van der Waals surface area contributed by atoms with Crippen LogP contribution in [0.15, 0.2) is 12.3 Å². The van der Waals surface area contributed by atoms with E-state index < -0.39 is 0 Å². The number of likely N-dealkylation sites (N-methyl/N-ethyl adjacent to an activating group) is 1. The van der Waals surface area contributed by atoms with Gasteiger partial charge in [0.2, 0.25) is 0 Å². The highest BCUT2D eigenvalue weighted by Gasteiger charge is 2.05. The Kier molecular flexibility index (Phi) is 3.96. The van der Waals surface area contributed by atoms with Crippen molar-refractivity contribution in [1.82, 2.24) is 15.1 Å². The quantitative estimate of drug-likeness (QED) is 0.747. The van der Waals surface area contributed by atoms with Gasteiger partial charge in [0.1, 0.15) is 0 Å². The lowest BCUT2D eigenvalue weighted by atomic mass is 10.2. The van der Waals surface area contributed by atoms with E-state index in [1.54, 1.807) is 0 Å². The second-order valence-electron chi connectivity index (χ2n) is 3.34. The van der Waals surface area contributed by atoms with Gasteiger partial charge in [0.05, 0.1) is 12.2 Å². The monoisotopic (exact) mass is 181 g/mol. The van der Waals surface area contributed by atoms with Crippen molar-refractivity contribution in [1.29, 1.82) is 0 Å². The van der Waals surface area contributed by atoms with E-state index in [4.69, 9.17) is 0 Å². The van der Waals surface area contributed by atoms with E-state index in [9.17, 15) is 0 Å². The van der Waals surface area contributed by atoms with Crippen LogP contribution < -0.4 is 5.32 Å². The molecule has 13 heavy (non-hydrogen) atoms. The van der Waals surface area contributed by atoms with Gasteiger partial charge in [0.15, 0.2) is 0 Å². The maximum atomic E-state index is 4.36. The van der Waals surface area contributed by atoms with Crippen molar-refractivity contribution < 1.29 is 0 Å². The maximum Gasteiger partial charge on any atom is 0.0593 e. The van der Waals surface area contributed by atoms with E-state index >= 15 is 0 Å². The van der Waals surface area contributed by atoms with Crippen LogP contribution in [0.3, 0.4) is 0 Å². The Hall–Kier alpha value is -0.830. The van der Waals surface area contributed by atoms with Gasteiger partial charge in [-0.15, -0.1) is 0 Å². The Labute approximate surface area is 80.1 Å². The average Bonchev–Trinajstić information content (AvgIpc) is 2.50. The topological polar surface area (TPSA) is 29.9 Å². The summed E-state index contributed by atoms with van der Waals surface area (Å²) in [4.78, 5) is 0. The molecule has 0 aliphatic heterocycles. The van der Waals surface area contributed by atoms with Crippen molar-refractivity contribution in [3.05, 3.63) is 18.0 Å². The molecule has 1 aromatic heterocycles. The molecule has 1 heterocycles. The first-order chi connectivity index (χ1) is 6.26. The van der Waals surface area contributed by atoms with E-state index in [0.29, 0.717) is 6.04 Å². The molecule has 1 N–H and O–H groups in total.